The molecule has 0 aromatic carbocycles. The van der Waals surface area contributed by atoms with Crippen molar-refractivity contribution >= 4 is 39.1 Å². The number of anilines is 1. The molecule has 0 unspecified atom stereocenters. The average molecular weight is 279 g/mol. The van der Waals surface area contributed by atoms with Gasteiger partial charge in [-0.2, -0.15) is 0 Å². The zero-order valence-electron chi connectivity index (χ0n) is 9.94. The lowest BCUT2D eigenvalue weighted by molar-refractivity contribution is 1.02. The molecule has 92 valence electrons. The number of rotatable bonds is 2. The van der Waals surface area contributed by atoms with Gasteiger partial charge in [-0.1, -0.05) is 11.6 Å². The van der Waals surface area contributed by atoms with Gasteiger partial charge in [-0.15, -0.1) is 11.3 Å². The number of aromatic amines is 1. The van der Waals surface area contributed by atoms with Gasteiger partial charge in [-0.3, -0.25) is 0 Å². The number of nitrogens with one attached hydrogen (secondary N) is 1. The lowest BCUT2D eigenvalue weighted by Crippen LogP contribution is -2.13. The normalized spacial score (nSPS) is 11.1. The maximum Gasteiger partial charge on any atom is 0.226 e. The minimum Gasteiger partial charge on any atom is -0.347 e. The topological polar surface area (TPSA) is 44.8 Å². The fraction of sp³-hybridized carbons (Fsp3) is 0.167. The van der Waals surface area contributed by atoms with Crippen molar-refractivity contribution in [2.24, 2.45) is 0 Å². The highest BCUT2D eigenvalue weighted by atomic mass is 35.5. The first-order valence-electron chi connectivity index (χ1n) is 5.42. The quantitative estimate of drug-likeness (QED) is 0.781. The first-order chi connectivity index (χ1) is 8.65. The van der Waals surface area contributed by atoms with Crippen molar-refractivity contribution in [2.75, 3.05) is 19.0 Å². The molecule has 0 bridgehead atoms. The van der Waals surface area contributed by atoms with Gasteiger partial charge in [0.25, 0.3) is 0 Å². The summed E-state index contributed by atoms with van der Waals surface area (Å²) in [6.07, 6.45) is 0. The average Bonchev–Trinajstić information content (AvgIpc) is 2.95. The summed E-state index contributed by atoms with van der Waals surface area (Å²) in [4.78, 5) is 14.1. The van der Waals surface area contributed by atoms with Crippen molar-refractivity contribution in [1.82, 2.24) is 15.0 Å². The van der Waals surface area contributed by atoms with Gasteiger partial charge < -0.3 is 9.88 Å². The zero-order valence-corrected chi connectivity index (χ0v) is 11.5. The van der Waals surface area contributed by atoms with Crippen LogP contribution in [0.2, 0.25) is 5.15 Å². The Morgan fingerprint density at radius 2 is 2.06 bits per heavy atom. The molecule has 1 N–H and O–H groups in total. The van der Waals surface area contributed by atoms with Gasteiger partial charge in [0.05, 0.1) is 15.9 Å². The molecule has 18 heavy (non-hydrogen) atoms. The predicted molar refractivity (Wildman–Crippen MR) is 76.5 cm³/mol. The summed E-state index contributed by atoms with van der Waals surface area (Å²) in [5.41, 5.74) is 2.77. The van der Waals surface area contributed by atoms with Gasteiger partial charge in [0.1, 0.15) is 10.8 Å². The predicted octanol–water partition coefficient (Wildman–Crippen LogP) is 3.41. The van der Waals surface area contributed by atoms with Crippen molar-refractivity contribution in [3.63, 3.8) is 0 Å². The van der Waals surface area contributed by atoms with Crippen LogP contribution in [0.25, 0.3) is 21.6 Å². The molecule has 0 amide bonds. The lowest BCUT2D eigenvalue weighted by atomic mass is 10.3. The summed E-state index contributed by atoms with van der Waals surface area (Å²) in [5.74, 6) is 0.696. The molecule has 4 nitrogen and oxygen atoms in total. The Kier molecular flexibility index (Phi) is 2.72. The van der Waals surface area contributed by atoms with Crippen molar-refractivity contribution < 1.29 is 0 Å². The van der Waals surface area contributed by atoms with E-state index in [1.165, 1.54) is 0 Å². The van der Waals surface area contributed by atoms with E-state index in [2.05, 4.69) is 15.0 Å². The molecule has 3 heterocycles. The third kappa shape index (κ3) is 1.85. The van der Waals surface area contributed by atoms with Crippen LogP contribution in [0.3, 0.4) is 0 Å². The van der Waals surface area contributed by atoms with Crippen LogP contribution in [0.15, 0.2) is 23.6 Å². The Balaban J connectivity index is 2.28. The van der Waals surface area contributed by atoms with E-state index in [0.29, 0.717) is 11.1 Å². The van der Waals surface area contributed by atoms with Gasteiger partial charge in [0.15, 0.2) is 0 Å². The Morgan fingerprint density at radius 3 is 2.72 bits per heavy atom. The van der Waals surface area contributed by atoms with Crippen LogP contribution in [0.5, 0.6) is 0 Å². The molecule has 0 atom stereocenters. The monoisotopic (exact) mass is 278 g/mol. The summed E-state index contributed by atoms with van der Waals surface area (Å²) < 4.78 is 1.07. The van der Waals surface area contributed by atoms with Crippen LogP contribution in [-0.4, -0.2) is 29.0 Å². The van der Waals surface area contributed by atoms with E-state index in [1.807, 2.05) is 42.6 Å². The molecule has 3 aromatic heterocycles. The standard InChI is InChI=1S/C12H11ClN4S/c1-17(2)12-15-8-5-6-18-11(8)10(16-12)7-3-4-9(13)14-7/h3-6,14H,1-2H3. The minimum atomic E-state index is 0.611. The molecular formula is C12H11ClN4S. The SMILES string of the molecule is CN(C)c1nc(-c2ccc(Cl)[nH]2)c2sccc2n1. The first kappa shape index (κ1) is 11.5. The first-order valence-corrected chi connectivity index (χ1v) is 6.68. The van der Waals surface area contributed by atoms with E-state index in [9.17, 15) is 0 Å². The Hall–Kier alpha value is -1.59. The summed E-state index contributed by atoms with van der Waals surface area (Å²) in [6, 6.07) is 5.76. The second-order valence-electron chi connectivity index (χ2n) is 4.12. The molecule has 0 aliphatic rings. The summed E-state index contributed by atoms with van der Waals surface area (Å²) in [6.45, 7) is 0. The molecule has 0 spiro atoms. The molecule has 0 radical (unpaired) electrons. The van der Waals surface area contributed by atoms with Gasteiger partial charge in [0, 0.05) is 14.1 Å². The fourth-order valence-corrected chi connectivity index (χ4v) is 2.74. The minimum absolute atomic E-state index is 0.611. The summed E-state index contributed by atoms with van der Waals surface area (Å²) in [7, 11) is 3.86. The van der Waals surface area contributed by atoms with Crippen LogP contribution in [-0.2, 0) is 0 Å². The number of nitrogens with zero attached hydrogens (tertiary/aromatic N) is 3. The summed E-state index contributed by atoms with van der Waals surface area (Å²) in [5, 5.41) is 2.63. The van der Waals surface area contributed by atoms with Crippen molar-refractivity contribution in [2.45, 2.75) is 0 Å². The number of halogens is 1. The fourth-order valence-electron chi connectivity index (χ4n) is 1.74. The molecule has 0 aliphatic heterocycles. The van der Waals surface area contributed by atoms with Gasteiger partial charge >= 0.3 is 0 Å². The Labute approximate surface area is 113 Å². The highest BCUT2D eigenvalue weighted by Crippen LogP contribution is 2.31. The molecule has 0 fully saturated rings. The third-order valence-electron chi connectivity index (χ3n) is 2.60. The number of thiophene rings is 1. The van der Waals surface area contributed by atoms with Crippen molar-refractivity contribution in [1.29, 1.82) is 0 Å². The van der Waals surface area contributed by atoms with E-state index in [0.717, 1.165) is 21.6 Å². The molecule has 6 heteroatoms. The molecular weight excluding hydrogens is 268 g/mol. The summed E-state index contributed by atoms with van der Waals surface area (Å²) >= 11 is 7.56. The molecule has 0 saturated carbocycles. The molecule has 3 aromatic rings. The third-order valence-corrected chi connectivity index (χ3v) is 3.73. The maximum absolute atomic E-state index is 5.93. The zero-order chi connectivity index (χ0) is 12.7. The Bertz CT molecular complexity index is 701. The largest absolute Gasteiger partial charge is 0.347 e. The number of fused-ring (bicyclic) bond motifs is 1. The highest BCUT2D eigenvalue weighted by molar-refractivity contribution is 7.17. The van der Waals surface area contributed by atoms with Crippen LogP contribution < -0.4 is 4.90 Å². The van der Waals surface area contributed by atoms with E-state index in [1.54, 1.807) is 11.3 Å². The lowest BCUT2D eigenvalue weighted by Gasteiger charge is -2.11. The van der Waals surface area contributed by atoms with E-state index in [-0.39, 0.29) is 0 Å². The van der Waals surface area contributed by atoms with E-state index >= 15 is 0 Å². The van der Waals surface area contributed by atoms with E-state index in [4.69, 9.17) is 11.6 Å². The van der Waals surface area contributed by atoms with Gasteiger partial charge in [-0.25, -0.2) is 9.97 Å². The van der Waals surface area contributed by atoms with Crippen LogP contribution in [0.4, 0.5) is 5.95 Å². The molecule has 0 aliphatic carbocycles. The molecule has 3 rings (SSSR count). The highest BCUT2D eigenvalue weighted by Gasteiger charge is 2.13. The maximum atomic E-state index is 5.93. The van der Waals surface area contributed by atoms with Gasteiger partial charge in [0.2, 0.25) is 5.95 Å². The van der Waals surface area contributed by atoms with Crippen molar-refractivity contribution in [3.8, 4) is 11.4 Å². The van der Waals surface area contributed by atoms with Crippen LogP contribution in [0, 0.1) is 0 Å². The Morgan fingerprint density at radius 1 is 1.22 bits per heavy atom. The smallest absolute Gasteiger partial charge is 0.226 e. The van der Waals surface area contributed by atoms with E-state index < -0.39 is 0 Å². The van der Waals surface area contributed by atoms with Crippen LogP contribution >= 0.6 is 22.9 Å². The number of H-pyrrole nitrogens is 1. The van der Waals surface area contributed by atoms with Crippen molar-refractivity contribution in [3.05, 3.63) is 28.7 Å². The van der Waals surface area contributed by atoms with Gasteiger partial charge in [-0.05, 0) is 23.6 Å². The number of aromatic nitrogens is 3. The van der Waals surface area contributed by atoms with Crippen LogP contribution in [0.1, 0.15) is 0 Å². The second-order valence-corrected chi connectivity index (χ2v) is 5.44. The second kappa shape index (κ2) is 4.26. The molecule has 0 saturated heterocycles. The number of hydrogen-bond acceptors (Lipinski definition) is 4. The number of hydrogen-bond donors (Lipinski definition) is 1.